The molecule has 1 saturated carbocycles. The molecule has 2 heterocycles. The van der Waals surface area contributed by atoms with Crippen molar-refractivity contribution in [3.8, 4) is 16.9 Å². The number of rotatable bonds is 10. The minimum atomic E-state index is -0.499. The molecule has 0 spiro atoms. The maximum Gasteiger partial charge on any atom is 0.341 e. The van der Waals surface area contributed by atoms with E-state index in [1.807, 2.05) is 41.3 Å². The van der Waals surface area contributed by atoms with Gasteiger partial charge in [0.25, 0.3) is 0 Å². The summed E-state index contributed by atoms with van der Waals surface area (Å²) >= 11 is 2.63. The molecule has 0 aliphatic heterocycles. The van der Waals surface area contributed by atoms with Gasteiger partial charge in [-0.1, -0.05) is 56.0 Å². The highest BCUT2D eigenvalue weighted by atomic mass is 32.2. The number of hydrogen-bond donors (Lipinski definition) is 1. The van der Waals surface area contributed by atoms with Crippen molar-refractivity contribution in [2.75, 3.05) is 25.3 Å². The van der Waals surface area contributed by atoms with Gasteiger partial charge in [0.05, 0.1) is 20.0 Å². The number of thiophene rings is 1. The molecule has 8 nitrogen and oxygen atoms in total. The van der Waals surface area contributed by atoms with Gasteiger partial charge in [-0.3, -0.25) is 4.79 Å². The van der Waals surface area contributed by atoms with Gasteiger partial charge in [0.15, 0.2) is 5.16 Å². The summed E-state index contributed by atoms with van der Waals surface area (Å²) in [5, 5.41) is 14.5. The van der Waals surface area contributed by atoms with E-state index in [0.29, 0.717) is 21.3 Å². The minimum Gasteiger partial charge on any atom is -0.497 e. The molecule has 3 aromatic rings. The Balaban J connectivity index is 1.38. The molecule has 2 aromatic heterocycles. The normalized spacial score (nSPS) is 14.0. The van der Waals surface area contributed by atoms with Crippen LogP contribution in [0, 0.1) is 5.92 Å². The van der Waals surface area contributed by atoms with Crippen molar-refractivity contribution in [1.29, 1.82) is 0 Å². The lowest BCUT2D eigenvalue weighted by Gasteiger charge is -2.20. The molecule has 1 aliphatic rings. The number of carbonyl (C=O) groups excluding carboxylic acids is 2. The van der Waals surface area contributed by atoms with Crippen LogP contribution < -0.4 is 10.1 Å². The summed E-state index contributed by atoms with van der Waals surface area (Å²) in [6.45, 7) is 0. The van der Waals surface area contributed by atoms with Gasteiger partial charge in [0.2, 0.25) is 5.91 Å². The van der Waals surface area contributed by atoms with Crippen LogP contribution in [0.2, 0.25) is 0 Å². The Morgan fingerprint density at radius 3 is 2.58 bits per heavy atom. The number of methoxy groups -OCH3 is 2. The predicted octanol–water partition coefficient (Wildman–Crippen LogP) is 5.58. The molecule has 1 amide bonds. The first-order valence-electron chi connectivity index (χ1n) is 12.1. The molecule has 10 heteroatoms. The number of aryl methyl sites for hydroxylation is 1. The summed E-state index contributed by atoms with van der Waals surface area (Å²) in [6, 6.07) is 7.39. The number of ether oxygens (including phenoxy) is 2. The zero-order valence-corrected chi connectivity index (χ0v) is 22.5. The summed E-state index contributed by atoms with van der Waals surface area (Å²) in [5.74, 6) is 1.90. The predicted molar refractivity (Wildman–Crippen MR) is 143 cm³/mol. The topological polar surface area (TPSA) is 95.3 Å². The highest BCUT2D eigenvalue weighted by Gasteiger charge is 2.23. The van der Waals surface area contributed by atoms with Crippen LogP contribution in [-0.2, 0) is 23.0 Å². The number of aromatic nitrogens is 3. The lowest BCUT2D eigenvalue weighted by Crippen LogP contribution is -2.16. The van der Waals surface area contributed by atoms with Gasteiger partial charge in [0, 0.05) is 24.4 Å². The molecule has 1 aromatic carbocycles. The first kappa shape index (κ1) is 26.2. The monoisotopic (exact) mass is 528 g/mol. The van der Waals surface area contributed by atoms with Crippen molar-refractivity contribution in [2.24, 2.45) is 13.0 Å². The fourth-order valence-electron chi connectivity index (χ4n) is 4.53. The standard InChI is InChI=1S/C26H32N4O4S2/c1-30-21(14-9-17-7-5-4-6-8-17)28-29-26(30)36-16-22(31)27-24-23(25(32)34-3)20(15-35-24)18-10-12-19(33-2)13-11-18/h10-13,15,17H,4-9,14,16H2,1-3H3,(H,27,31). The molecule has 0 unspecified atom stereocenters. The Labute approximate surface area is 219 Å². The number of hydrogen-bond acceptors (Lipinski definition) is 8. The van der Waals surface area contributed by atoms with E-state index >= 15 is 0 Å². The summed E-state index contributed by atoms with van der Waals surface area (Å²) < 4.78 is 12.2. The summed E-state index contributed by atoms with van der Waals surface area (Å²) in [7, 11) is 4.88. The lowest BCUT2D eigenvalue weighted by atomic mass is 9.86. The second-order valence-corrected chi connectivity index (χ2v) is 10.7. The SMILES string of the molecule is COC(=O)c1c(-c2ccc(OC)cc2)csc1NC(=O)CSc1nnc(CCC2CCCCC2)n1C. The van der Waals surface area contributed by atoms with Crippen LogP contribution in [0.4, 0.5) is 5.00 Å². The first-order valence-corrected chi connectivity index (χ1v) is 14.0. The Morgan fingerprint density at radius 1 is 1.14 bits per heavy atom. The van der Waals surface area contributed by atoms with E-state index < -0.39 is 5.97 Å². The number of esters is 1. The molecule has 0 bridgehead atoms. The molecular weight excluding hydrogens is 496 g/mol. The third-order valence-corrected chi connectivity index (χ3v) is 8.51. The molecule has 1 fully saturated rings. The van der Waals surface area contributed by atoms with Crippen LogP contribution in [-0.4, -0.2) is 46.6 Å². The Kier molecular flexibility index (Phi) is 9.03. The van der Waals surface area contributed by atoms with Crippen molar-refractivity contribution in [3.63, 3.8) is 0 Å². The van der Waals surface area contributed by atoms with Gasteiger partial charge < -0.3 is 19.4 Å². The smallest absolute Gasteiger partial charge is 0.341 e. The molecule has 4 rings (SSSR count). The number of nitrogens with zero attached hydrogens (tertiary/aromatic N) is 3. The first-order chi connectivity index (χ1) is 17.5. The second kappa shape index (κ2) is 12.4. The van der Waals surface area contributed by atoms with E-state index in [1.54, 1.807) is 7.11 Å². The molecule has 0 atom stereocenters. The van der Waals surface area contributed by atoms with E-state index in [2.05, 4.69) is 15.5 Å². The summed E-state index contributed by atoms with van der Waals surface area (Å²) in [6.07, 6.45) is 8.71. The molecule has 0 radical (unpaired) electrons. The van der Waals surface area contributed by atoms with Gasteiger partial charge in [-0.15, -0.1) is 21.5 Å². The van der Waals surface area contributed by atoms with Gasteiger partial charge in [0.1, 0.15) is 22.1 Å². The van der Waals surface area contributed by atoms with Crippen molar-refractivity contribution in [3.05, 3.63) is 41.0 Å². The van der Waals surface area contributed by atoms with E-state index in [1.165, 1.54) is 62.3 Å². The largest absolute Gasteiger partial charge is 0.497 e. The maximum atomic E-state index is 12.8. The van der Waals surface area contributed by atoms with Crippen molar-refractivity contribution >= 4 is 40.0 Å². The number of thioether (sulfide) groups is 1. The number of anilines is 1. The van der Waals surface area contributed by atoms with Crippen LogP contribution in [0.15, 0.2) is 34.8 Å². The Bertz CT molecular complexity index is 1180. The third-order valence-electron chi connectivity index (χ3n) is 6.59. The molecule has 0 saturated heterocycles. The quantitative estimate of drug-likeness (QED) is 0.271. The van der Waals surface area contributed by atoms with E-state index in [4.69, 9.17) is 9.47 Å². The van der Waals surface area contributed by atoms with E-state index in [9.17, 15) is 9.59 Å². The Morgan fingerprint density at radius 2 is 1.89 bits per heavy atom. The highest BCUT2D eigenvalue weighted by molar-refractivity contribution is 7.99. The van der Waals surface area contributed by atoms with Crippen LogP contribution in [0.25, 0.3) is 11.1 Å². The van der Waals surface area contributed by atoms with Crippen LogP contribution in [0.3, 0.4) is 0 Å². The van der Waals surface area contributed by atoms with Crippen LogP contribution >= 0.6 is 23.1 Å². The van der Waals surface area contributed by atoms with Crippen molar-refractivity contribution < 1.29 is 19.1 Å². The summed E-state index contributed by atoms with van der Waals surface area (Å²) in [4.78, 5) is 25.4. The summed E-state index contributed by atoms with van der Waals surface area (Å²) in [5.41, 5.74) is 1.88. The molecule has 36 heavy (non-hydrogen) atoms. The third kappa shape index (κ3) is 6.28. The fourth-order valence-corrected chi connectivity index (χ4v) is 6.23. The Hall–Kier alpha value is -2.85. The van der Waals surface area contributed by atoms with Crippen molar-refractivity contribution in [1.82, 2.24) is 14.8 Å². The zero-order valence-electron chi connectivity index (χ0n) is 20.9. The minimum absolute atomic E-state index is 0.158. The van der Waals surface area contributed by atoms with Gasteiger partial charge in [-0.05, 0) is 30.0 Å². The molecule has 1 N–H and O–H groups in total. The van der Waals surface area contributed by atoms with Crippen LogP contribution in [0.5, 0.6) is 5.75 Å². The number of nitrogens with one attached hydrogen (secondary N) is 1. The van der Waals surface area contributed by atoms with Gasteiger partial charge in [-0.25, -0.2) is 4.79 Å². The number of amides is 1. The number of benzene rings is 1. The average molecular weight is 529 g/mol. The zero-order chi connectivity index (χ0) is 25.5. The van der Waals surface area contributed by atoms with E-state index in [0.717, 1.165) is 35.9 Å². The highest BCUT2D eigenvalue weighted by Crippen LogP contribution is 2.37. The molecule has 1 aliphatic carbocycles. The number of carbonyl (C=O) groups is 2. The average Bonchev–Trinajstić information content (AvgIpc) is 3.49. The second-order valence-electron chi connectivity index (χ2n) is 8.91. The van der Waals surface area contributed by atoms with Crippen LogP contribution in [0.1, 0.15) is 54.7 Å². The van der Waals surface area contributed by atoms with E-state index in [-0.39, 0.29) is 11.7 Å². The maximum absolute atomic E-state index is 12.8. The van der Waals surface area contributed by atoms with Gasteiger partial charge >= 0.3 is 5.97 Å². The molecular formula is C26H32N4O4S2. The van der Waals surface area contributed by atoms with Crippen molar-refractivity contribution in [2.45, 2.75) is 50.1 Å². The lowest BCUT2D eigenvalue weighted by molar-refractivity contribution is -0.113. The fraction of sp³-hybridized carbons (Fsp3) is 0.462. The molecule has 192 valence electrons. The van der Waals surface area contributed by atoms with Gasteiger partial charge in [-0.2, -0.15) is 0 Å².